The second-order valence-corrected chi connectivity index (χ2v) is 7.61. The van der Waals surface area contributed by atoms with Gasteiger partial charge in [0.25, 0.3) is 11.8 Å². The van der Waals surface area contributed by atoms with E-state index in [9.17, 15) is 22.8 Å². The predicted octanol–water partition coefficient (Wildman–Crippen LogP) is 2.22. The fourth-order valence-electron chi connectivity index (χ4n) is 2.46. The summed E-state index contributed by atoms with van der Waals surface area (Å²) in [7, 11) is 0. The van der Waals surface area contributed by atoms with Gasteiger partial charge in [0.1, 0.15) is 33.5 Å². The van der Waals surface area contributed by atoms with E-state index in [4.69, 9.17) is 23.1 Å². The van der Waals surface area contributed by atoms with Gasteiger partial charge in [-0.25, -0.2) is 19.9 Å². The largest absolute Gasteiger partial charge is 0.418 e. The minimum Gasteiger partial charge on any atom is -0.383 e. The first kappa shape index (κ1) is 23.3. The number of nitrogens with zero attached hydrogens (tertiary/aromatic N) is 4. The Morgan fingerprint density at radius 3 is 2.56 bits per heavy atom. The highest BCUT2D eigenvalue weighted by Gasteiger charge is 2.34. The van der Waals surface area contributed by atoms with Gasteiger partial charge in [0, 0.05) is 18.3 Å². The molecule has 0 unspecified atom stereocenters. The van der Waals surface area contributed by atoms with E-state index < -0.39 is 28.6 Å². The SMILES string of the molecule is NCc1c(N)ncnc1C(=O)NCc1ncc(C(=O)Nc2cc(C(F)(F)F)c(Cl)cn2)s1. The van der Waals surface area contributed by atoms with Crippen molar-refractivity contribution in [2.24, 2.45) is 5.73 Å². The minimum absolute atomic E-state index is 0.0174. The quantitative estimate of drug-likeness (QED) is 0.412. The number of hydrogen-bond donors (Lipinski definition) is 4. The molecule has 32 heavy (non-hydrogen) atoms. The van der Waals surface area contributed by atoms with Crippen LogP contribution in [-0.2, 0) is 19.3 Å². The molecule has 3 aromatic heterocycles. The van der Waals surface area contributed by atoms with Gasteiger partial charge in [0.05, 0.1) is 23.3 Å². The normalized spacial score (nSPS) is 11.3. The van der Waals surface area contributed by atoms with Crippen molar-refractivity contribution in [2.45, 2.75) is 19.3 Å². The molecule has 0 aliphatic carbocycles. The van der Waals surface area contributed by atoms with E-state index >= 15 is 0 Å². The fraction of sp³-hybridized carbons (Fsp3) is 0.176. The molecule has 168 valence electrons. The fourth-order valence-corrected chi connectivity index (χ4v) is 3.42. The van der Waals surface area contributed by atoms with Crippen molar-refractivity contribution in [3.8, 4) is 0 Å². The van der Waals surface area contributed by atoms with Crippen LogP contribution in [0.25, 0.3) is 0 Å². The molecule has 6 N–H and O–H groups in total. The van der Waals surface area contributed by atoms with E-state index in [2.05, 4.69) is 30.6 Å². The topological polar surface area (TPSA) is 162 Å². The van der Waals surface area contributed by atoms with Gasteiger partial charge in [0.2, 0.25) is 0 Å². The van der Waals surface area contributed by atoms with Crippen molar-refractivity contribution in [2.75, 3.05) is 11.1 Å². The number of rotatable bonds is 6. The van der Waals surface area contributed by atoms with E-state index in [1.165, 1.54) is 6.20 Å². The monoisotopic (exact) mass is 486 g/mol. The third-order valence-electron chi connectivity index (χ3n) is 3.98. The average molecular weight is 487 g/mol. The highest BCUT2D eigenvalue weighted by Crippen LogP contribution is 2.35. The Balaban J connectivity index is 1.66. The summed E-state index contributed by atoms with van der Waals surface area (Å²) < 4.78 is 38.8. The Hall–Kier alpha value is -3.36. The molecule has 15 heteroatoms. The maximum atomic E-state index is 12.9. The molecule has 0 fully saturated rings. The maximum absolute atomic E-state index is 12.9. The molecule has 2 amide bonds. The van der Waals surface area contributed by atoms with Crippen molar-refractivity contribution < 1.29 is 22.8 Å². The Labute approximate surface area is 187 Å². The number of halogens is 4. The van der Waals surface area contributed by atoms with Gasteiger partial charge in [-0.05, 0) is 6.07 Å². The smallest absolute Gasteiger partial charge is 0.383 e. The number of anilines is 2. The van der Waals surface area contributed by atoms with Crippen LogP contribution in [-0.4, -0.2) is 31.8 Å². The number of carbonyl (C=O) groups excluding carboxylic acids is 2. The van der Waals surface area contributed by atoms with Crippen LogP contribution < -0.4 is 22.1 Å². The molecule has 3 aromatic rings. The third-order valence-corrected chi connectivity index (χ3v) is 5.28. The van der Waals surface area contributed by atoms with Crippen LogP contribution in [0.1, 0.15) is 36.3 Å². The Morgan fingerprint density at radius 1 is 1.12 bits per heavy atom. The predicted molar refractivity (Wildman–Crippen MR) is 110 cm³/mol. The van der Waals surface area contributed by atoms with Gasteiger partial charge < -0.3 is 22.1 Å². The molecule has 0 atom stereocenters. The average Bonchev–Trinajstić information content (AvgIpc) is 3.21. The van der Waals surface area contributed by atoms with E-state index in [0.717, 1.165) is 23.9 Å². The van der Waals surface area contributed by atoms with Gasteiger partial charge in [-0.15, -0.1) is 11.3 Å². The highest BCUT2D eigenvalue weighted by molar-refractivity contribution is 7.13. The lowest BCUT2D eigenvalue weighted by molar-refractivity contribution is -0.137. The number of nitrogens with two attached hydrogens (primary N) is 2. The van der Waals surface area contributed by atoms with E-state index in [1.54, 1.807) is 0 Å². The van der Waals surface area contributed by atoms with Crippen LogP contribution >= 0.6 is 22.9 Å². The Kier molecular flexibility index (Phi) is 6.86. The number of hydrogen-bond acceptors (Lipinski definition) is 9. The van der Waals surface area contributed by atoms with Crippen LogP contribution in [0, 0.1) is 0 Å². The molecule has 10 nitrogen and oxygen atoms in total. The molecule has 0 aliphatic heterocycles. The standard InChI is InChI=1S/C17H14ClF3N8O2S/c18-9-3-24-11(1-8(9)17(19,20)21)29-15(30)10-4-25-12(32-10)5-26-16(31)13-7(2-22)14(23)28-6-27-13/h1,3-4,6H,2,5,22H2,(H,26,31)(H2,23,27,28)(H,24,29,30). The van der Waals surface area contributed by atoms with Crippen LogP contribution in [0.3, 0.4) is 0 Å². The number of aromatic nitrogens is 4. The summed E-state index contributed by atoms with van der Waals surface area (Å²) in [5, 5.41) is 4.60. The summed E-state index contributed by atoms with van der Waals surface area (Å²) in [6.07, 6.45) is -1.56. The van der Waals surface area contributed by atoms with Crippen LogP contribution in [0.15, 0.2) is 24.8 Å². The van der Waals surface area contributed by atoms with Crippen LogP contribution in [0.2, 0.25) is 5.02 Å². The molecule has 0 saturated carbocycles. The first-order valence-corrected chi connectivity index (χ1v) is 9.86. The number of nitrogen functional groups attached to an aromatic ring is 1. The number of thiazole rings is 1. The third kappa shape index (κ3) is 5.27. The summed E-state index contributed by atoms with van der Waals surface area (Å²) >= 11 is 6.44. The molecule has 3 rings (SSSR count). The molecule has 0 saturated heterocycles. The van der Waals surface area contributed by atoms with Crippen LogP contribution in [0.5, 0.6) is 0 Å². The van der Waals surface area contributed by atoms with Gasteiger partial charge >= 0.3 is 6.18 Å². The molecule has 0 bridgehead atoms. The lowest BCUT2D eigenvalue weighted by Crippen LogP contribution is -2.26. The van der Waals surface area contributed by atoms with Gasteiger partial charge in [-0.1, -0.05) is 11.6 Å². The molecular weight excluding hydrogens is 473 g/mol. The number of pyridine rings is 1. The van der Waals surface area contributed by atoms with Crippen molar-refractivity contribution in [3.05, 3.63) is 56.5 Å². The number of carbonyl (C=O) groups is 2. The number of nitrogens with one attached hydrogen (secondary N) is 2. The first-order chi connectivity index (χ1) is 15.1. The molecular formula is C17H14ClF3N8O2S. The van der Waals surface area contributed by atoms with E-state index in [0.29, 0.717) is 11.1 Å². The lowest BCUT2D eigenvalue weighted by atomic mass is 10.2. The molecule has 0 spiro atoms. The second kappa shape index (κ2) is 9.42. The summed E-state index contributed by atoms with van der Waals surface area (Å²) in [4.78, 5) is 40.1. The maximum Gasteiger partial charge on any atom is 0.418 e. The van der Waals surface area contributed by atoms with Crippen molar-refractivity contribution in [3.63, 3.8) is 0 Å². The summed E-state index contributed by atoms with van der Waals surface area (Å²) in [6, 6.07) is 0.630. The minimum atomic E-state index is -4.70. The molecule has 3 heterocycles. The second-order valence-electron chi connectivity index (χ2n) is 6.09. The first-order valence-electron chi connectivity index (χ1n) is 8.66. The van der Waals surface area contributed by atoms with Crippen molar-refractivity contribution >= 4 is 46.4 Å². The van der Waals surface area contributed by atoms with Crippen LogP contribution in [0.4, 0.5) is 24.8 Å². The van der Waals surface area contributed by atoms with Gasteiger partial charge in [-0.3, -0.25) is 9.59 Å². The Morgan fingerprint density at radius 2 is 1.88 bits per heavy atom. The van der Waals surface area contributed by atoms with Crippen molar-refractivity contribution in [1.29, 1.82) is 0 Å². The highest BCUT2D eigenvalue weighted by atomic mass is 35.5. The Bertz CT molecular complexity index is 1170. The summed E-state index contributed by atoms with van der Waals surface area (Å²) in [5.41, 5.74) is 10.4. The van der Waals surface area contributed by atoms with Crippen molar-refractivity contribution in [1.82, 2.24) is 25.3 Å². The zero-order valence-electron chi connectivity index (χ0n) is 15.9. The number of amides is 2. The summed E-state index contributed by atoms with van der Waals surface area (Å²) in [6.45, 7) is -0.0755. The van der Waals surface area contributed by atoms with E-state index in [1.807, 2.05) is 0 Å². The molecule has 0 aromatic carbocycles. The zero-order chi connectivity index (χ0) is 23.5. The van der Waals surface area contributed by atoms with Gasteiger partial charge in [-0.2, -0.15) is 13.2 Å². The number of alkyl halides is 3. The lowest BCUT2D eigenvalue weighted by Gasteiger charge is -2.10. The van der Waals surface area contributed by atoms with Gasteiger partial charge in [0.15, 0.2) is 0 Å². The van der Waals surface area contributed by atoms with E-state index in [-0.39, 0.29) is 40.9 Å². The molecule has 0 aliphatic rings. The zero-order valence-corrected chi connectivity index (χ0v) is 17.5. The molecule has 0 radical (unpaired) electrons. The summed E-state index contributed by atoms with van der Waals surface area (Å²) in [5.74, 6) is -1.53.